The zero-order valence-corrected chi connectivity index (χ0v) is 6.66. The quantitative estimate of drug-likeness (QED) is 0.623. The molecule has 0 unspecified atom stereocenters. The Morgan fingerprint density at radius 3 is 3.00 bits per heavy atom. The molecule has 0 saturated heterocycles. The van der Waals surface area contributed by atoms with Gasteiger partial charge in [-0.3, -0.25) is 9.48 Å². The number of aromatic nitrogens is 3. The molecule has 0 N–H and O–H groups in total. The lowest BCUT2D eigenvalue weighted by Gasteiger charge is -1.96. The van der Waals surface area contributed by atoms with E-state index in [1.807, 2.05) is 0 Å². The lowest BCUT2D eigenvalue weighted by Crippen LogP contribution is -2.06. The second kappa shape index (κ2) is 4.08. The smallest absolute Gasteiger partial charge is 0.149 e. The Balaban J connectivity index is 2.29. The summed E-state index contributed by atoms with van der Waals surface area (Å²) in [6.45, 7) is 0.561. The van der Waals surface area contributed by atoms with E-state index in [2.05, 4.69) is 10.1 Å². The van der Waals surface area contributed by atoms with Gasteiger partial charge in [-0.05, 0) is 0 Å². The van der Waals surface area contributed by atoms with Crippen LogP contribution in [0.15, 0.2) is 12.7 Å². The van der Waals surface area contributed by atoms with Crippen molar-refractivity contribution in [1.82, 2.24) is 14.8 Å². The summed E-state index contributed by atoms with van der Waals surface area (Å²) in [6, 6.07) is 0. The molecular formula is C6H8ClN3O. The molecule has 1 aromatic rings. The molecule has 0 fully saturated rings. The highest BCUT2D eigenvalue weighted by atomic mass is 35.5. The molecule has 0 atom stereocenters. The fourth-order valence-corrected chi connectivity index (χ4v) is 0.788. The van der Waals surface area contributed by atoms with Gasteiger partial charge < -0.3 is 0 Å². The van der Waals surface area contributed by atoms with Gasteiger partial charge >= 0.3 is 0 Å². The molecule has 0 aliphatic carbocycles. The van der Waals surface area contributed by atoms with Crippen molar-refractivity contribution in [1.29, 1.82) is 0 Å². The Hall–Kier alpha value is -0.900. The van der Waals surface area contributed by atoms with E-state index in [-0.39, 0.29) is 11.7 Å². The Labute approximate surface area is 69.2 Å². The SMILES string of the molecule is O=C(CCl)CCn1cncn1. The van der Waals surface area contributed by atoms with Gasteiger partial charge in [0.2, 0.25) is 0 Å². The van der Waals surface area contributed by atoms with Crippen LogP contribution < -0.4 is 0 Å². The summed E-state index contributed by atoms with van der Waals surface area (Å²) < 4.78 is 1.60. The third-order valence-corrected chi connectivity index (χ3v) is 1.53. The number of ketones is 1. The molecule has 5 heteroatoms. The van der Waals surface area contributed by atoms with Crippen molar-refractivity contribution in [2.45, 2.75) is 13.0 Å². The number of halogens is 1. The Morgan fingerprint density at radius 2 is 2.45 bits per heavy atom. The van der Waals surface area contributed by atoms with E-state index < -0.39 is 0 Å². The van der Waals surface area contributed by atoms with Gasteiger partial charge in [0.1, 0.15) is 18.4 Å². The maximum Gasteiger partial charge on any atom is 0.149 e. The van der Waals surface area contributed by atoms with Crippen molar-refractivity contribution >= 4 is 17.4 Å². The van der Waals surface area contributed by atoms with E-state index in [1.54, 1.807) is 11.0 Å². The largest absolute Gasteiger partial charge is 0.298 e. The highest BCUT2D eigenvalue weighted by molar-refractivity contribution is 6.27. The predicted octanol–water partition coefficient (Wildman–Crippen LogP) is 0.476. The normalized spacial score (nSPS) is 9.91. The molecule has 60 valence electrons. The molecule has 1 heterocycles. The van der Waals surface area contributed by atoms with Gasteiger partial charge in [-0.25, -0.2) is 4.98 Å². The summed E-state index contributed by atoms with van der Waals surface area (Å²) in [4.78, 5) is 14.4. The average molecular weight is 174 g/mol. The van der Waals surface area contributed by atoms with Crippen molar-refractivity contribution in [3.63, 3.8) is 0 Å². The Bertz CT molecular complexity index is 222. The number of carbonyl (C=O) groups is 1. The number of Topliss-reactive ketones (excluding diaryl/α,β-unsaturated/α-hetero) is 1. The predicted molar refractivity (Wildman–Crippen MR) is 40.4 cm³/mol. The van der Waals surface area contributed by atoms with Crippen LogP contribution in [0, 0.1) is 0 Å². The van der Waals surface area contributed by atoms with Crippen molar-refractivity contribution in [3.8, 4) is 0 Å². The molecular weight excluding hydrogens is 166 g/mol. The van der Waals surface area contributed by atoms with E-state index in [9.17, 15) is 4.79 Å². The van der Waals surface area contributed by atoms with Crippen molar-refractivity contribution in [2.24, 2.45) is 0 Å². The second-order valence-corrected chi connectivity index (χ2v) is 2.35. The monoisotopic (exact) mass is 173 g/mol. The van der Waals surface area contributed by atoms with Gasteiger partial charge in [-0.2, -0.15) is 5.10 Å². The van der Waals surface area contributed by atoms with E-state index in [1.165, 1.54) is 6.33 Å². The molecule has 0 amide bonds. The van der Waals surface area contributed by atoms with Crippen molar-refractivity contribution in [2.75, 3.05) is 5.88 Å². The molecule has 0 aromatic carbocycles. The Morgan fingerprint density at radius 1 is 1.64 bits per heavy atom. The van der Waals surface area contributed by atoms with E-state index >= 15 is 0 Å². The van der Waals surface area contributed by atoms with Crippen LogP contribution in [0.2, 0.25) is 0 Å². The first-order valence-corrected chi connectivity index (χ1v) is 3.76. The summed E-state index contributed by atoms with van der Waals surface area (Å²) in [5.74, 6) is 0.108. The summed E-state index contributed by atoms with van der Waals surface area (Å²) in [6.07, 6.45) is 3.43. The number of hydrogen-bond acceptors (Lipinski definition) is 3. The maximum atomic E-state index is 10.7. The van der Waals surface area contributed by atoms with Gasteiger partial charge in [-0.15, -0.1) is 11.6 Å². The number of aryl methyl sites for hydroxylation is 1. The fraction of sp³-hybridized carbons (Fsp3) is 0.500. The van der Waals surface area contributed by atoms with E-state index in [0.717, 1.165) is 0 Å². The summed E-state index contributed by atoms with van der Waals surface area (Å²) in [5.41, 5.74) is 0. The first-order chi connectivity index (χ1) is 5.33. The van der Waals surface area contributed by atoms with Crippen LogP contribution in [0.1, 0.15) is 6.42 Å². The van der Waals surface area contributed by atoms with Crippen LogP contribution >= 0.6 is 11.6 Å². The molecule has 0 saturated carbocycles. The number of hydrogen-bond donors (Lipinski definition) is 0. The van der Waals surface area contributed by atoms with Crippen LogP contribution in [-0.2, 0) is 11.3 Å². The van der Waals surface area contributed by atoms with Gasteiger partial charge in [0.05, 0.1) is 5.88 Å². The third-order valence-electron chi connectivity index (χ3n) is 1.24. The van der Waals surface area contributed by atoms with E-state index in [0.29, 0.717) is 13.0 Å². The zero-order chi connectivity index (χ0) is 8.10. The number of carbonyl (C=O) groups excluding carboxylic acids is 1. The number of alkyl halides is 1. The molecule has 1 aromatic heterocycles. The number of nitrogens with zero attached hydrogens (tertiary/aromatic N) is 3. The summed E-state index contributed by atoms with van der Waals surface area (Å²) >= 11 is 5.30. The lowest BCUT2D eigenvalue weighted by molar-refractivity contribution is -0.116. The zero-order valence-electron chi connectivity index (χ0n) is 5.90. The van der Waals surface area contributed by atoms with Gasteiger partial charge in [0, 0.05) is 13.0 Å². The van der Waals surface area contributed by atoms with Gasteiger partial charge in [0.15, 0.2) is 0 Å². The summed E-state index contributed by atoms with van der Waals surface area (Å²) in [7, 11) is 0. The molecule has 4 nitrogen and oxygen atoms in total. The minimum Gasteiger partial charge on any atom is -0.298 e. The average Bonchev–Trinajstić information content (AvgIpc) is 2.52. The molecule has 11 heavy (non-hydrogen) atoms. The van der Waals surface area contributed by atoms with Gasteiger partial charge in [-0.1, -0.05) is 0 Å². The van der Waals surface area contributed by atoms with E-state index in [4.69, 9.17) is 11.6 Å². The van der Waals surface area contributed by atoms with Crippen LogP contribution in [0.5, 0.6) is 0 Å². The molecule has 0 radical (unpaired) electrons. The minimum absolute atomic E-state index is 0.0298. The standard InChI is InChI=1S/C6H8ClN3O/c7-3-6(11)1-2-10-5-8-4-9-10/h4-5H,1-3H2. The fourth-order valence-electron chi connectivity index (χ4n) is 0.654. The molecule has 0 spiro atoms. The Kier molecular flexibility index (Phi) is 3.04. The van der Waals surface area contributed by atoms with Crippen LogP contribution in [0.4, 0.5) is 0 Å². The second-order valence-electron chi connectivity index (χ2n) is 2.08. The molecule has 0 bridgehead atoms. The topological polar surface area (TPSA) is 47.8 Å². The highest BCUT2D eigenvalue weighted by Gasteiger charge is 1.99. The molecule has 1 rings (SSSR count). The number of rotatable bonds is 4. The van der Waals surface area contributed by atoms with Crippen molar-refractivity contribution < 1.29 is 4.79 Å². The first kappa shape index (κ1) is 8.20. The van der Waals surface area contributed by atoms with Crippen LogP contribution in [0.3, 0.4) is 0 Å². The van der Waals surface area contributed by atoms with Gasteiger partial charge in [0.25, 0.3) is 0 Å². The molecule has 0 aliphatic heterocycles. The summed E-state index contributed by atoms with van der Waals surface area (Å²) in [5, 5.41) is 3.83. The van der Waals surface area contributed by atoms with Crippen LogP contribution in [-0.4, -0.2) is 26.4 Å². The van der Waals surface area contributed by atoms with Crippen molar-refractivity contribution in [3.05, 3.63) is 12.7 Å². The first-order valence-electron chi connectivity index (χ1n) is 3.23. The minimum atomic E-state index is 0.0298. The molecule has 0 aliphatic rings. The maximum absolute atomic E-state index is 10.7. The lowest BCUT2D eigenvalue weighted by atomic mass is 10.3. The third kappa shape index (κ3) is 2.67. The highest BCUT2D eigenvalue weighted by Crippen LogP contribution is 1.90. The van der Waals surface area contributed by atoms with Crippen LogP contribution in [0.25, 0.3) is 0 Å².